The highest BCUT2D eigenvalue weighted by atomic mass is 16.1. The number of carbonyl (C=O) groups excluding carboxylic acids is 1. The molecule has 0 heterocycles. The van der Waals surface area contributed by atoms with Gasteiger partial charge in [-0.25, -0.2) is 0 Å². The lowest BCUT2D eigenvalue weighted by molar-refractivity contribution is -0.125. The van der Waals surface area contributed by atoms with Gasteiger partial charge < -0.3 is 0 Å². The van der Waals surface area contributed by atoms with Crippen molar-refractivity contribution in [2.75, 3.05) is 0 Å². The zero-order valence-corrected chi connectivity index (χ0v) is 12.5. The van der Waals surface area contributed by atoms with Crippen molar-refractivity contribution in [2.45, 2.75) is 90.9 Å². The average Bonchev–Trinajstić information content (AvgIpc) is 2.36. The molecule has 0 aromatic rings. The molecule has 1 rings (SSSR count). The van der Waals surface area contributed by atoms with Crippen molar-refractivity contribution in [1.82, 2.24) is 0 Å². The predicted molar refractivity (Wildman–Crippen MR) is 78.7 cm³/mol. The highest BCUT2D eigenvalue weighted by Crippen LogP contribution is 2.29. The molecule has 0 aliphatic heterocycles. The Morgan fingerprint density at radius 1 is 1.00 bits per heavy atom. The van der Waals surface area contributed by atoms with Crippen LogP contribution in [0.3, 0.4) is 0 Å². The maximum atomic E-state index is 11.8. The number of unbranched alkanes of at least 4 members (excludes halogenated alkanes) is 7. The van der Waals surface area contributed by atoms with Crippen LogP contribution in [0.5, 0.6) is 0 Å². The first-order chi connectivity index (χ1) is 8.74. The van der Waals surface area contributed by atoms with Gasteiger partial charge in [0.1, 0.15) is 5.78 Å². The fourth-order valence-electron chi connectivity index (χ4n) is 3.13. The molecule has 1 nitrogen and oxygen atoms in total. The van der Waals surface area contributed by atoms with Gasteiger partial charge in [-0.15, -0.1) is 0 Å². The Hall–Kier alpha value is -0.330. The predicted octanol–water partition coefficient (Wildman–Crippen LogP) is 5.52. The third-order valence-electron chi connectivity index (χ3n) is 4.43. The Morgan fingerprint density at radius 2 is 1.61 bits per heavy atom. The van der Waals surface area contributed by atoms with Crippen LogP contribution in [-0.4, -0.2) is 5.78 Å². The van der Waals surface area contributed by atoms with Crippen molar-refractivity contribution in [3.63, 3.8) is 0 Å². The second kappa shape index (κ2) is 9.58. The van der Waals surface area contributed by atoms with Gasteiger partial charge in [-0.3, -0.25) is 4.79 Å². The van der Waals surface area contributed by atoms with Crippen molar-refractivity contribution in [3.8, 4) is 0 Å². The first-order valence-electron chi connectivity index (χ1n) is 8.26. The molecular weight excluding hydrogens is 220 g/mol. The number of rotatable bonds is 9. The van der Waals surface area contributed by atoms with E-state index in [1.807, 2.05) is 0 Å². The molecule has 18 heavy (non-hydrogen) atoms. The van der Waals surface area contributed by atoms with E-state index < -0.39 is 0 Å². The molecule has 0 bridgehead atoms. The number of carbonyl (C=O) groups is 1. The first-order valence-corrected chi connectivity index (χ1v) is 8.26. The molecule has 0 radical (unpaired) electrons. The van der Waals surface area contributed by atoms with Gasteiger partial charge in [-0.1, -0.05) is 65.2 Å². The zero-order chi connectivity index (χ0) is 13.2. The van der Waals surface area contributed by atoms with Gasteiger partial charge in [0, 0.05) is 12.3 Å². The van der Waals surface area contributed by atoms with Gasteiger partial charge in [0.15, 0.2) is 0 Å². The molecule has 1 saturated carbocycles. The minimum Gasteiger partial charge on any atom is -0.299 e. The van der Waals surface area contributed by atoms with Crippen LogP contribution >= 0.6 is 0 Å². The summed E-state index contributed by atoms with van der Waals surface area (Å²) in [6.45, 7) is 4.56. The lowest BCUT2D eigenvalue weighted by Crippen LogP contribution is -2.23. The molecule has 106 valence electrons. The van der Waals surface area contributed by atoms with E-state index in [0.717, 1.165) is 31.6 Å². The van der Waals surface area contributed by atoms with E-state index in [1.54, 1.807) is 0 Å². The summed E-state index contributed by atoms with van der Waals surface area (Å²) in [6, 6.07) is 0. The SMILES string of the molecule is CCCCCCCCCCC1CC(C)CCC1=O. The maximum absolute atomic E-state index is 11.8. The summed E-state index contributed by atoms with van der Waals surface area (Å²) in [7, 11) is 0. The third kappa shape index (κ3) is 6.56. The largest absolute Gasteiger partial charge is 0.299 e. The van der Waals surface area contributed by atoms with E-state index in [1.165, 1.54) is 51.4 Å². The molecule has 1 fully saturated rings. The topological polar surface area (TPSA) is 17.1 Å². The highest BCUT2D eigenvalue weighted by Gasteiger charge is 2.25. The number of hydrogen-bond acceptors (Lipinski definition) is 1. The molecule has 2 unspecified atom stereocenters. The van der Waals surface area contributed by atoms with E-state index in [0.29, 0.717) is 11.7 Å². The molecule has 1 aliphatic carbocycles. The Labute approximate surface area is 114 Å². The van der Waals surface area contributed by atoms with Crippen LogP contribution in [0, 0.1) is 11.8 Å². The van der Waals surface area contributed by atoms with Gasteiger partial charge in [-0.2, -0.15) is 0 Å². The molecule has 0 amide bonds. The van der Waals surface area contributed by atoms with Crippen molar-refractivity contribution in [3.05, 3.63) is 0 Å². The molecular formula is C17H32O. The van der Waals surface area contributed by atoms with Gasteiger partial charge in [-0.05, 0) is 25.2 Å². The van der Waals surface area contributed by atoms with Gasteiger partial charge >= 0.3 is 0 Å². The molecule has 1 heteroatoms. The highest BCUT2D eigenvalue weighted by molar-refractivity contribution is 5.81. The normalized spacial score (nSPS) is 24.4. The lowest BCUT2D eigenvalue weighted by Gasteiger charge is -2.25. The van der Waals surface area contributed by atoms with E-state index in [4.69, 9.17) is 0 Å². The number of hydrogen-bond donors (Lipinski definition) is 0. The van der Waals surface area contributed by atoms with Crippen LogP contribution in [0.2, 0.25) is 0 Å². The monoisotopic (exact) mass is 252 g/mol. The fraction of sp³-hybridized carbons (Fsp3) is 0.941. The summed E-state index contributed by atoms with van der Waals surface area (Å²) in [5.74, 6) is 1.74. The van der Waals surface area contributed by atoms with E-state index >= 15 is 0 Å². The smallest absolute Gasteiger partial charge is 0.135 e. The molecule has 2 atom stereocenters. The molecule has 0 aromatic carbocycles. The Bertz CT molecular complexity index is 222. The van der Waals surface area contributed by atoms with E-state index in [9.17, 15) is 4.79 Å². The first kappa shape index (κ1) is 15.7. The van der Waals surface area contributed by atoms with Crippen molar-refractivity contribution >= 4 is 5.78 Å². The summed E-state index contributed by atoms with van der Waals surface area (Å²) >= 11 is 0. The van der Waals surface area contributed by atoms with Crippen LogP contribution in [0.1, 0.15) is 90.9 Å². The van der Waals surface area contributed by atoms with Crippen LogP contribution in [-0.2, 0) is 4.79 Å². The summed E-state index contributed by atoms with van der Waals surface area (Å²) in [5.41, 5.74) is 0. The molecule has 0 N–H and O–H groups in total. The summed E-state index contributed by atoms with van der Waals surface area (Å²) in [6.07, 6.45) is 15.2. The number of Topliss-reactive ketones (excluding diaryl/α,β-unsaturated/α-hetero) is 1. The second-order valence-electron chi connectivity index (χ2n) is 6.31. The van der Waals surface area contributed by atoms with Crippen molar-refractivity contribution in [2.24, 2.45) is 11.8 Å². The zero-order valence-electron chi connectivity index (χ0n) is 12.5. The van der Waals surface area contributed by atoms with Crippen LogP contribution in [0.15, 0.2) is 0 Å². The quantitative estimate of drug-likeness (QED) is 0.494. The van der Waals surface area contributed by atoms with Gasteiger partial charge in [0.2, 0.25) is 0 Å². The summed E-state index contributed by atoms with van der Waals surface area (Å²) < 4.78 is 0. The van der Waals surface area contributed by atoms with Crippen molar-refractivity contribution < 1.29 is 4.79 Å². The van der Waals surface area contributed by atoms with E-state index in [-0.39, 0.29) is 0 Å². The maximum Gasteiger partial charge on any atom is 0.135 e. The van der Waals surface area contributed by atoms with Gasteiger partial charge in [0.05, 0.1) is 0 Å². The van der Waals surface area contributed by atoms with Gasteiger partial charge in [0.25, 0.3) is 0 Å². The molecule has 0 saturated heterocycles. The summed E-state index contributed by atoms with van der Waals surface area (Å²) in [4.78, 5) is 11.8. The fourth-order valence-corrected chi connectivity index (χ4v) is 3.13. The van der Waals surface area contributed by atoms with Crippen LogP contribution in [0.4, 0.5) is 0 Å². The Morgan fingerprint density at radius 3 is 2.28 bits per heavy atom. The minimum atomic E-state index is 0.411. The van der Waals surface area contributed by atoms with Crippen LogP contribution < -0.4 is 0 Å². The third-order valence-corrected chi connectivity index (χ3v) is 4.43. The molecule has 1 aliphatic rings. The Kier molecular flexibility index (Phi) is 8.37. The molecule has 0 spiro atoms. The average molecular weight is 252 g/mol. The summed E-state index contributed by atoms with van der Waals surface area (Å²) in [5, 5.41) is 0. The minimum absolute atomic E-state index is 0.411. The van der Waals surface area contributed by atoms with Crippen molar-refractivity contribution in [1.29, 1.82) is 0 Å². The Balaban J connectivity index is 1.95. The molecule has 0 aromatic heterocycles. The lowest BCUT2D eigenvalue weighted by atomic mass is 9.79. The second-order valence-corrected chi connectivity index (χ2v) is 6.31. The number of ketones is 1. The van der Waals surface area contributed by atoms with E-state index in [2.05, 4.69) is 13.8 Å². The standard InChI is InChI=1S/C17H32O/c1-3-4-5-6-7-8-9-10-11-16-14-15(2)12-13-17(16)18/h15-16H,3-14H2,1-2H3. The van der Waals surface area contributed by atoms with Crippen LogP contribution in [0.25, 0.3) is 0 Å².